The summed E-state index contributed by atoms with van der Waals surface area (Å²) in [6, 6.07) is 3.87. The smallest absolute Gasteiger partial charge is 0.317 e. The molecule has 4 rings (SSSR count). The van der Waals surface area contributed by atoms with Gasteiger partial charge in [-0.2, -0.15) is 4.98 Å². The van der Waals surface area contributed by atoms with Gasteiger partial charge in [0, 0.05) is 43.5 Å². The monoisotopic (exact) mass is 370 g/mol. The number of nitrogens with zero attached hydrogens (tertiary/aromatic N) is 5. The number of nitrogens with one attached hydrogen (secondary N) is 1. The quantitative estimate of drug-likeness (QED) is 0.887. The van der Waals surface area contributed by atoms with Crippen LogP contribution >= 0.6 is 0 Å². The fraction of sp³-hybridized carbons (Fsp3) is 0.579. The maximum Gasteiger partial charge on any atom is 0.317 e. The lowest BCUT2D eigenvalue weighted by molar-refractivity contribution is 0.0910. The summed E-state index contributed by atoms with van der Waals surface area (Å²) >= 11 is 0. The zero-order valence-corrected chi connectivity index (χ0v) is 16.1. The average molecular weight is 370 g/mol. The lowest BCUT2D eigenvalue weighted by Crippen LogP contribution is -2.52. The molecule has 2 aromatic rings. The number of rotatable bonds is 4. The van der Waals surface area contributed by atoms with Crippen molar-refractivity contribution in [3.63, 3.8) is 0 Å². The Hall–Kier alpha value is -2.48. The van der Waals surface area contributed by atoms with Gasteiger partial charge in [0.1, 0.15) is 6.04 Å². The number of aryl methyl sites for hydroxylation is 2. The highest BCUT2D eigenvalue weighted by Crippen LogP contribution is 2.38. The van der Waals surface area contributed by atoms with Crippen molar-refractivity contribution in [3.8, 4) is 0 Å². The van der Waals surface area contributed by atoms with Crippen molar-refractivity contribution in [3.05, 3.63) is 40.8 Å². The summed E-state index contributed by atoms with van der Waals surface area (Å²) in [6.07, 6.45) is 2.28. The number of amides is 2. The molecule has 3 heterocycles. The van der Waals surface area contributed by atoms with E-state index in [1.807, 2.05) is 37.9 Å². The molecule has 1 unspecified atom stereocenters. The summed E-state index contributed by atoms with van der Waals surface area (Å²) in [5.41, 5.74) is 2.98. The molecular weight excluding hydrogens is 344 g/mol. The van der Waals surface area contributed by atoms with Crippen LogP contribution in [0.25, 0.3) is 0 Å². The maximum atomic E-state index is 12.7. The minimum Gasteiger partial charge on any atom is -0.338 e. The number of piperazine rings is 1. The lowest BCUT2D eigenvalue weighted by Gasteiger charge is -2.37. The first-order chi connectivity index (χ1) is 13.0. The maximum absolute atomic E-state index is 12.7. The van der Waals surface area contributed by atoms with Gasteiger partial charge >= 0.3 is 6.03 Å². The first-order valence-electron chi connectivity index (χ1n) is 9.50. The van der Waals surface area contributed by atoms with Crippen LogP contribution in [0, 0.1) is 13.8 Å². The summed E-state index contributed by atoms with van der Waals surface area (Å²) in [5.74, 6) is 1.88. The van der Waals surface area contributed by atoms with Crippen molar-refractivity contribution >= 4 is 6.03 Å². The number of pyridine rings is 1. The summed E-state index contributed by atoms with van der Waals surface area (Å²) < 4.78 is 5.49. The van der Waals surface area contributed by atoms with E-state index in [4.69, 9.17) is 4.52 Å². The molecule has 27 heavy (non-hydrogen) atoms. The van der Waals surface area contributed by atoms with Gasteiger partial charge in [-0.1, -0.05) is 5.16 Å². The third-order valence-corrected chi connectivity index (χ3v) is 5.21. The molecule has 0 radical (unpaired) electrons. The van der Waals surface area contributed by atoms with Crippen LogP contribution in [0.15, 0.2) is 16.7 Å². The Morgan fingerprint density at radius 2 is 1.96 bits per heavy atom. The molecule has 0 spiro atoms. The molecule has 0 aromatic carbocycles. The van der Waals surface area contributed by atoms with Crippen LogP contribution < -0.4 is 5.32 Å². The second-order valence-corrected chi connectivity index (χ2v) is 7.62. The van der Waals surface area contributed by atoms with Gasteiger partial charge in [0.2, 0.25) is 5.89 Å². The van der Waals surface area contributed by atoms with Gasteiger partial charge in [0.15, 0.2) is 5.82 Å². The largest absolute Gasteiger partial charge is 0.338 e. The molecule has 144 valence electrons. The number of carbonyl (C=O) groups excluding carboxylic acids is 1. The van der Waals surface area contributed by atoms with E-state index in [0.717, 1.165) is 42.2 Å². The van der Waals surface area contributed by atoms with Gasteiger partial charge in [-0.3, -0.25) is 9.88 Å². The molecule has 1 N–H and O–H groups in total. The first kappa shape index (κ1) is 17.9. The fourth-order valence-corrected chi connectivity index (χ4v) is 3.53. The molecule has 8 nitrogen and oxygen atoms in total. The molecule has 0 bridgehead atoms. The number of urea groups is 1. The van der Waals surface area contributed by atoms with Gasteiger partial charge < -0.3 is 14.7 Å². The summed E-state index contributed by atoms with van der Waals surface area (Å²) in [4.78, 5) is 25.6. The number of likely N-dealkylation sites (N-methyl/N-ethyl adjacent to an activating group) is 1. The van der Waals surface area contributed by atoms with Crippen LogP contribution in [-0.4, -0.2) is 57.6 Å². The Morgan fingerprint density at radius 1 is 1.22 bits per heavy atom. The minimum atomic E-state index is -0.0675. The van der Waals surface area contributed by atoms with E-state index in [2.05, 4.69) is 25.3 Å². The van der Waals surface area contributed by atoms with Crippen LogP contribution in [0.1, 0.15) is 53.5 Å². The second kappa shape index (κ2) is 7.26. The zero-order valence-electron chi connectivity index (χ0n) is 16.1. The molecule has 2 fully saturated rings. The van der Waals surface area contributed by atoms with Gasteiger partial charge in [0.05, 0.1) is 0 Å². The molecule has 2 aromatic heterocycles. The molecular formula is C19H26N6O2. The fourth-order valence-electron chi connectivity index (χ4n) is 3.53. The Labute approximate surface area is 158 Å². The average Bonchev–Trinajstić information content (AvgIpc) is 3.37. The number of hydrogen-bond donors (Lipinski definition) is 1. The summed E-state index contributed by atoms with van der Waals surface area (Å²) in [5, 5.41) is 7.13. The van der Waals surface area contributed by atoms with Crippen molar-refractivity contribution in [2.75, 3.05) is 26.7 Å². The Morgan fingerprint density at radius 3 is 2.67 bits per heavy atom. The third kappa shape index (κ3) is 4.10. The topological polar surface area (TPSA) is 87.4 Å². The van der Waals surface area contributed by atoms with Gasteiger partial charge in [-0.05, 0) is 51.4 Å². The van der Waals surface area contributed by atoms with Crippen molar-refractivity contribution < 1.29 is 9.32 Å². The summed E-state index contributed by atoms with van der Waals surface area (Å²) in [6.45, 7) is 6.41. The molecule has 1 saturated carbocycles. The van der Waals surface area contributed by atoms with E-state index in [0.29, 0.717) is 31.4 Å². The highest BCUT2D eigenvalue weighted by atomic mass is 16.5. The highest BCUT2D eigenvalue weighted by molar-refractivity contribution is 5.74. The zero-order chi connectivity index (χ0) is 19.0. The minimum absolute atomic E-state index is 0.0603. The van der Waals surface area contributed by atoms with Crippen molar-refractivity contribution in [1.29, 1.82) is 0 Å². The Balaban J connectivity index is 1.38. The predicted molar refractivity (Wildman–Crippen MR) is 99.2 cm³/mol. The first-order valence-corrected chi connectivity index (χ1v) is 9.50. The number of hydrogen-bond acceptors (Lipinski definition) is 6. The van der Waals surface area contributed by atoms with Crippen molar-refractivity contribution in [2.45, 2.75) is 45.2 Å². The summed E-state index contributed by atoms with van der Waals surface area (Å²) in [7, 11) is 2.03. The van der Waals surface area contributed by atoms with Crippen molar-refractivity contribution in [2.24, 2.45) is 0 Å². The molecule has 1 aliphatic heterocycles. The Bertz CT molecular complexity index is 811. The van der Waals surface area contributed by atoms with E-state index in [9.17, 15) is 4.79 Å². The van der Waals surface area contributed by atoms with Crippen LogP contribution in [-0.2, 0) is 6.54 Å². The Kier molecular flexibility index (Phi) is 4.82. The van der Waals surface area contributed by atoms with Gasteiger partial charge in [0.25, 0.3) is 0 Å². The van der Waals surface area contributed by atoms with E-state index in [1.54, 1.807) is 0 Å². The standard InChI is InChI=1S/C19H26N6O2/c1-12-8-14(9-13(2)21-12)10-20-19(26)25-7-6-24(3)16(11-25)18-22-17(23-27-18)15-4-5-15/h8-9,15-16H,4-7,10-11H2,1-3H3,(H,20,26). The number of aromatic nitrogens is 3. The van der Waals surface area contributed by atoms with E-state index < -0.39 is 0 Å². The predicted octanol–water partition coefficient (Wildman–Crippen LogP) is 2.16. The van der Waals surface area contributed by atoms with Crippen LogP contribution in [0.4, 0.5) is 4.79 Å². The second-order valence-electron chi connectivity index (χ2n) is 7.62. The molecule has 8 heteroatoms. The molecule has 1 saturated heterocycles. The third-order valence-electron chi connectivity index (χ3n) is 5.21. The van der Waals surface area contributed by atoms with Crippen LogP contribution in [0.3, 0.4) is 0 Å². The molecule has 1 atom stereocenters. The lowest BCUT2D eigenvalue weighted by atomic mass is 10.2. The van der Waals surface area contributed by atoms with Gasteiger partial charge in [-0.15, -0.1) is 0 Å². The van der Waals surface area contributed by atoms with E-state index >= 15 is 0 Å². The van der Waals surface area contributed by atoms with E-state index in [1.165, 1.54) is 0 Å². The molecule has 2 amide bonds. The van der Waals surface area contributed by atoms with Crippen LogP contribution in [0.5, 0.6) is 0 Å². The molecule has 1 aliphatic carbocycles. The SMILES string of the molecule is Cc1cc(CNC(=O)N2CCN(C)C(c3nc(C4CC4)no3)C2)cc(C)n1. The normalized spacial score (nSPS) is 20.7. The van der Waals surface area contributed by atoms with Gasteiger partial charge in [-0.25, -0.2) is 4.79 Å². The van der Waals surface area contributed by atoms with E-state index in [-0.39, 0.29) is 12.1 Å². The van der Waals surface area contributed by atoms with Crippen LogP contribution in [0.2, 0.25) is 0 Å². The van der Waals surface area contributed by atoms with Crippen molar-refractivity contribution in [1.82, 2.24) is 30.2 Å². The molecule has 2 aliphatic rings. The number of carbonyl (C=O) groups is 1. The highest BCUT2D eigenvalue weighted by Gasteiger charge is 2.34.